The topological polar surface area (TPSA) is 85.6 Å². The second-order valence-corrected chi connectivity index (χ2v) is 8.79. The number of nitrogens with zero attached hydrogens (tertiary/aromatic N) is 1. The van der Waals surface area contributed by atoms with E-state index < -0.39 is 23.1 Å². The van der Waals surface area contributed by atoms with Gasteiger partial charge in [-0.3, -0.25) is 9.59 Å². The van der Waals surface area contributed by atoms with Gasteiger partial charge in [-0.15, -0.1) is 0 Å². The van der Waals surface area contributed by atoms with E-state index in [1.165, 1.54) is 12.3 Å². The van der Waals surface area contributed by atoms with Gasteiger partial charge in [0.25, 0.3) is 5.56 Å². The van der Waals surface area contributed by atoms with E-state index in [-0.39, 0.29) is 17.5 Å². The summed E-state index contributed by atoms with van der Waals surface area (Å²) in [4.78, 5) is 36.1. The summed E-state index contributed by atoms with van der Waals surface area (Å²) in [7, 11) is 0. The third-order valence-corrected chi connectivity index (χ3v) is 4.12. The summed E-state index contributed by atoms with van der Waals surface area (Å²) in [6.45, 7) is 11.1. The largest absolute Gasteiger partial charge is 0.477 e. The van der Waals surface area contributed by atoms with Crippen molar-refractivity contribution in [2.24, 2.45) is 0 Å². The third kappa shape index (κ3) is 5.31. The maximum absolute atomic E-state index is 12.5. The number of carboxylic acids is 1. The van der Waals surface area contributed by atoms with Gasteiger partial charge in [-0.05, 0) is 48.9 Å². The molecule has 150 valence electrons. The average molecular weight is 385 g/mol. The number of pyridine rings is 1. The fraction of sp³-hybridized carbons (Fsp3) is 0.409. The highest BCUT2D eigenvalue weighted by Gasteiger charge is 2.20. The number of aromatic nitrogens is 1. The molecule has 6 nitrogen and oxygen atoms in total. The van der Waals surface area contributed by atoms with Gasteiger partial charge < -0.3 is 14.4 Å². The van der Waals surface area contributed by atoms with Crippen molar-refractivity contribution in [1.29, 1.82) is 0 Å². The van der Waals surface area contributed by atoms with Crippen molar-refractivity contribution in [3.63, 3.8) is 0 Å². The summed E-state index contributed by atoms with van der Waals surface area (Å²) in [5.74, 6) is -1.94. The summed E-state index contributed by atoms with van der Waals surface area (Å²) < 4.78 is 6.34. The molecule has 0 saturated heterocycles. The molecule has 2 rings (SSSR count). The lowest BCUT2D eigenvalue weighted by atomic mass is 9.86. The van der Waals surface area contributed by atoms with E-state index in [4.69, 9.17) is 4.74 Å². The Balaban J connectivity index is 2.48. The van der Waals surface area contributed by atoms with E-state index in [1.807, 2.05) is 24.3 Å². The van der Waals surface area contributed by atoms with Gasteiger partial charge in [-0.2, -0.15) is 0 Å². The fourth-order valence-corrected chi connectivity index (χ4v) is 2.74. The lowest BCUT2D eigenvalue weighted by molar-refractivity contribution is -0.155. The standard InChI is InChI=1S/C22H27NO5/c1-21(2,3)16-9-7-14(8-10-16)15-11-17(20(26)27)19(25)23(12-15)13-18(24)28-22(4,5)6/h7-12H,13H2,1-6H3,(H,26,27). The first-order valence-electron chi connectivity index (χ1n) is 9.08. The summed E-state index contributed by atoms with van der Waals surface area (Å²) >= 11 is 0. The Labute approximate surface area is 164 Å². The molecule has 0 atom stereocenters. The molecule has 0 spiro atoms. The second kappa shape index (κ2) is 7.62. The zero-order valence-corrected chi connectivity index (χ0v) is 17.2. The molecule has 2 aromatic rings. The van der Waals surface area contributed by atoms with E-state index in [1.54, 1.807) is 20.8 Å². The zero-order valence-electron chi connectivity index (χ0n) is 17.2. The Morgan fingerprint density at radius 2 is 1.57 bits per heavy atom. The number of hydrogen-bond donors (Lipinski definition) is 1. The van der Waals surface area contributed by atoms with Crippen LogP contribution in [0.1, 0.15) is 57.5 Å². The number of esters is 1. The van der Waals surface area contributed by atoms with Crippen LogP contribution in [-0.4, -0.2) is 27.2 Å². The van der Waals surface area contributed by atoms with Crippen LogP contribution in [0.2, 0.25) is 0 Å². The Morgan fingerprint density at radius 3 is 2.04 bits per heavy atom. The monoisotopic (exact) mass is 385 g/mol. The van der Waals surface area contributed by atoms with Gasteiger partial charge in [0.05, 0.1) is 0 Å². The Hall–Kier alpha value is -2.89. The highest BCUT2D eigenvalue weighted by atomic mass is 16.6. The zero-order chi connectivity index (χ0) is 21.3. The number of aromatic carboxylic acids is 1. The van der Waals surface area contributed by atoms with Gasteiger partial charge in [0.2, 0.25) is 0 Å². The lowest BCUT2D eigenvalue weighted by Crippen LogP contribution is -2.32. The Morgan fingerprint density at radius 1 is 1.00 bits per heavy atom. The van der Waals surface area contributed by atoms with Crippen LogP contribution in [-0.2, 0) is 21.5 Å². The normalized spacial score (nSPS) is 11.9. The quantitative estimate of drug-likeness (QED) is 0.808. The molecule has 0 radical (unpaired) electrons. The van der Waals surface area contributed by atoms with Gasteiger partial charge >= 0.3 is 11.9 Å². The van der Waals surface area contributed by atoms with Gasteiger partial charge in [0.1, 0.15) is 17.7 Å². The number of benzene rings is 1. The molecule has 0 amide bonds. The molecule has 0 aliphatic carbocycles. The third-order valence-electron chi connectivity index (χ3n) is 4.12. The Bertz CT molecular complexity index is 941. The van der Waals surface area contributed by atoms with Crippen LogP contribution in [0.25, 0.3) is 11.1 Å². The maximum Gasteiger partial charge on any atom is 0.341 e. The highest BCUT2D eigenvalue weighted by molar-refractivity contribution is 5.89. The number of ether oxygens (including phenoxy) is 1. The van der Waals surface area contributed by atoms with Crippen LogP contribution < -0.4 is 5.56 Å². The van der Waals surface area contributed by atoms with Crippen LogP contribution in [0.15, 0.2) is 41.3 Å². The van der Waals surface area contributed by atoms with Crippen molar-refractivity contribution in [3.05, 3.63) is 58.0 Å². The second-order valence-electron chi connectivity index (χ2n) is 8.79. The minimum absolute atomic E-state index is 0.0136. The van der Waals surface area contributed by atoms with Crippen LogP contribution >= 0.6 is 0 Å². The predicted octanol–water partition coefficient (Wildman–Crippen LogP) is 3.85. The van der Waals surface area contributed by atoms with Gasteiger partial charge in [-0.25, -0.2) is 4.79 Å². The molecule has 0 aliphatic rings. The van der Waals surface area contributed by atoms with Gasteiger partial charge in [-0.1, -0.05) is 45.0 Å². The van der Waals surface area contributed by atoms with Crippen LogP contribution in [0.5, 0.6) is 0 Å². The first-order chi connectivity index (χ1) is 12.8. The number of hydrogen-bond acceptors (Lipinski definition) is 4. The molecule has 1 aromatic heterocycles. The molecule has 1 aromatic carbocycles. The minimum Gasteiger partial charge on any atom is -0.477 e. The molecule has 0 saturated carbocycles. The predicted molar refractivity (Wildman–Crippen MR) is 108 cm³/mol. The molecule has 0 bridgehead atoms. The lowest BCUT2D eigenvalue weighted by Gasteiger charge is -2.20. The van der Waals surface area contributed by atoms with Crippen LogP contribution in [0.4, 0.5) is 0 Å². The number of carbonyl (C=O) groups is 2. The SMILES string of the molecule is CC(C)(C)OC(=O)Cn1cc(-c2ccc(C(C)(C)C)cc2)cc(C(=O)O)c1=O. The molecule has 1 heterocycles. The first-order valence-corrected chi connectivity index (χ1v) is 9.08. The van der Waals surface area contributed by atoms with Crippen molar-refractivity contribution >= 4 is 11.9 Å². The highest BCUT2D eigenvalue weighted by Crippen LogP contribution is 2.26. The summed E-state index contributed by atoms with van der Waals surface area (Å²) in [5, 5.41) is 9.40. The van der Waals surface area contributed by atoms with Crippen molar-refractivity contribution < 1.29 is 19.4 Å². The molecule has 1 N–H and O–H groups in total. The van der Waals surface area contributed by atoms with E-state index in [2.05, 4.69) is 20.8 Å². The van der Waals surface area contributed by atoms with Crippen molar-refractivity contribution in [2.45, 2.75) is 59.1 Å². The number of carboxylic acid groups (broad SMARTS) is 1. The van der Waals surface area contributed by atoms with E-state index in [0.717, 1.165) is 15.7 Å². The molecule has 0 unspecified atom stereocenters. The summed E-state index contributed by atoms with van der Waals surface area (Å²) in [6, 6.07) is 9.04. The maximum atomic E-state index is 12.5. The molecular weight excluding hydrogens is 358 g/mol. The first kappa shape index (κ1) is 21.4. The average Bonchev–Trinajstić information content (AvgIpc) is 2.54. The van der Waals surface area contributed by atoms with Crippen LogP contribution in [0.3, 0.4) is 0 Å². The number of carbonyl (C=O) groups excluding carboxylic acids is 1. The van der Waals surface area contributed by atoms with Crippen molar-refractivity contribution in [1.82, 2.24) is 4.57 Å². The molecule has 6 heteroatoms. The molecular formula is C22H27NO5. The van der Waals surface area contributed by atoms with Crippen molar-refractivity contribution in [3.8, 4) is 11.1 Å². The smallest absolute Gasteiger partial charge is 0.341 e. The summed E-state index contributed by atoms with van der Waals surface area (Å²) in [6.07, 6.45) is 1.49. The van der Waals surface area contributed by atoms with E-state index in [9.17, 15) is 19.5 Å². The number of rotatable bonds is 4. The molecule has 28 heavy (non-hydrogen) atoms. The minimum atomic E-state index is -1.34. The van der Waals surface area contributed by atoms with Crippen molar-refractivity contribution in [2.75, 3.05) is 0 Å². The fourth-order valence-electron chi connectivity index (χ4n) is 2.74. The van der Waals surface area contributed by atoms with Crippen LogP contribution in [0, 0.1) is 0 Å². The van der Waals surface area contributed by atoms with Gasteiger partial charge in [0.15, 0.2) is 0 Å². The summed E-state index contributed by atoms with van der Waals surface area (Å²) in [5.41, 5.74) is 0.595. The Kier molecular flexibility index (Phi) is 5.83. The van der Waals surface area contributed by atoms with Gasteiger partial charge in [0, 0.05) is 6.20 Å². The molecule has 0 fully saturated rings. The molecule has 0 aliphatic heterocycles. The van der Waals surface area contributed by atoms with E-state index in [0.29, 0.717) is 5.56 Å². The van der Waals surface area contributed by atoms with E-state index >= 15 is 0 Å².